The van der Waals surface area contributed by atoms with E-state index in [0.717, 1.165) is 5.56 Å². The lowest BCUT2D eigenvalue weighted by atomic mass is 10.2. The van der Waals surface area contributed by atoms with E-state index in [4.69, 9.17) is 4.74 Å². The largest absolute Gasteiger partial charge is 0.484 e. The quantitative estimate of drug-likeness (QED) is 0.764. The maximum Gasteiger partial charge on any atom is 0.258 e. The molecule has 0 fully saturated rings. The third-order valence-corrected chi connectivity index (χ3v) is 3.23. The van der Waals surface area contributed by atoms with Crippen molar-refractivity contribution in [3.63, 3.8) is 0 Å². The summed E-state index contributed by atoms with van der Waals surface area (Å²) in [6.45, 7) is 2.43. The van der Waals surface area contributed by atoms with Crippen LogP contribution >= 0.6 is 0 Å². The van der Waals surface area contributed by atoms with Crippen molar-refractivity contribution in [3.05, 3.63) is 65.5 Å². The van der Waals surface area contributed by atoms with E-state index in [1.807, 2.05) is 19.1 Å². The van der Waals surface area contributed by atoms with E-state index >= 15 is 0 Å². The smallest absolute Gasteiger partial charge is 0.258 e. The van der Waals surface area contributed by atoms with Gasteiger partial charge < -0.3 is 15.4 Å². The van der Waals surface area contributed by atoms with E-state index in [1.54, 1.807) is 12.1 Å². The van der Waals surface area contributed by atoms with Gasteiger partial charge in [0, 0.05) is 18.7 Å². The maximum absolute atomic E-state index is 12.8. The first-order chi connectivity index (χ1) is 11.5. The number of rotatable bonds is 7. The molecule has 0 saturated heterocycles. The minimum atomic E-state index is -0.396. The van der Waals surface area contributed by atoms with Crippen molar-refractivity contribution >= 4 is 11.8 Å². The molecule has 0 aliphatic rings. The van der Waals surface area contributed by atoms with E-state index in [-0.39, 0.29) is 31.5 Å². The van der Waals surface area contributed by atoms with Gasteiger partial charge in [0.15, 0.2) is 6.61 Å². The molecule has 0 aromatic heterocycles. The Morgan fingerprint density at radius 1 is 0.958 bits per heavy atom. The van der Waals surface area contributed by atoms with Gasteiger partial charge >= 0.3 is 0 Å². The van der Waals surface area contributed by atoms with Crippen LogP contribution in [0.4, 0.5) is 4.39 Å². The molecule has 0 heterocycles. The Morgan fingerprint density at radius 2 is 1.58 bits per heavy atom. The molecule has 0 aliphatic carbocycles. The predicted molar refractivity (Wildman–Crippen MR) is 88.4 cm³/mol. The van der Waals surface area contributed by atoms with Crippen LogP contribution in [-0.2, 0) is 4.79 Å². The number of ether oxygens (including phenoxy) is 1. The molecular weight excluding hydrogens is 311 g/mol. The van der Waals surface area contributed by atoms with E-state index < -0.39 is 5.82 Å². The number of hydrogen-bond donors (Lipinski definition) is 2. The highest BCUT2D eigenvalue weighted by Crippen LogP contribution is 2.10. The van der Waals surface area contributed by atoms with Crippen molar-refractivity contribution in [3.8, 4) is 5.75 Å². The Hall–Kier alpha value is -2.89. The number of carbonyl (C=O) groups excluding carboxylic acids is 2. The molecule has 126 valence electrons. The molecule has 0 bridgehead atoms. The van der Waals surface area contributed by atoms with Gasteiger partial charge in [0.25, 0.3) is 11.8 Å². The van der Waals surface area contributed by atoms with Gasteiger partial charge in [0.2, 0.25) is 0 Å². The highest BCUT2D eigenvalue weighted by molar-refractivity contribution is 5.94. The van der Waals surface area contributed by atoms with Crippen molar-refractivity contribution in [2.24, 2.45) is 0 Å². The molecule has 0 radical (unpaired) electrons. The van der Waals surface area contributed by atoms with Crippen LogP contribution in [0.1, 0.15) is 15.9 Å². The molecule has 0 saturated carbocycles. The van der Waals surface area contributed by atoms with Crippen LogP contribution in [0.3, 0.4) is 0 Å². The molecule has 5 nitrogen and oxygen atoms in total. The zero-order valence-corrected chi connectivity index (χ0v) is 13.3. The molecule has 0 atom stereocenters. The Kier molecular flexibility index (Phi) is 6.31. The Bertz CT molecular complexity index is 684. The average molecular weight is 330 g/mol. The highest BCUT2D eigenvalue weighted by Gasteiger charge is 2.06. The molecule has 24 heavy (non-hydrogen) atoms. The zero-order valence-electron chi connectivity index (χ0n) is 13.3. The SMILES string of the molecule is Cc1ccc(OCC(=O)NCCNC(=O)c2ccc(F)cc2)cc1. The van der Waals surface area contributed by atoms with Gasteiger partial charge in [-0.1, -0.05) is 17.7 Å². The van der Waals surface area contributed by atoms with Crippen molar-refractivity contribution in [2.45, 2.75) is 6.92 Å². The summed E-state index contributed by atoms with van der Waals surface area (Å²) in [6.07, 6.45) is 0. The maximum atomic E-state index is 12.8. The van der Waals surface area contributed by atoms with Gasteiger partial charge in [0.05, 0.1) is 0 Å². The minimum Gasteiger partial charge on any atom is -0.484 e. The number of hydrogen-bond acceptors (Lipinski definition) is 3. The topological polar surface area (TPSA) is 67.4 Å². The van der Waals surface area contributed by atoms with Gasteiger partial charge in [-0.25, -0.2) is 4.39 Å². The number of amides is 2. The lowest BCUT2D eigenvalue weighted by Gasteiger charge is -2.09. The monoisotopic (exact) mass is 330 g/mol. The van der Waals surface area contributed by atoms with Crippen LogP contribution in [0.2, 0.25) is 0 Å². The fraction of sp³-hybridized carbons (Fsp3) is 0.222. The fourth-order valence-electron chi connectivity index (χ4n) is 1.92. The number of halogens is 1. The molecule has 0 spiro atoms. The second-order valence-corrected chi connectivity index (χ2v) is 5.21. The summed E-state index contributed by atoms with van der Waals surface area (Å²) < 4.78 is 18.1. The summed E-state index contributed by atoms with van der Waals surface area (Å²) >= 11 is 0. The van der Waals surface area contributed by atoms with E-state index in [1.165, 1.54) is 24.3 Å². The van der Waals surface area contributed by atoms with Crippen molar-refractivity contribution in [1.29, 1.82) is 0 Å². The van der Waals surface area contributed by atoms with E-state index in [2.05, 4.69) is 10.6 Å². The van der Waals surface area contributed by atoms with Crippen LogP contribution in [0.5, 0.6) is 5.75 Å². The molecular formula is C18H19FN2O3. The number of aryl methyl sites for hydroxylation is 1. The van der Waals surface area contributed by atoms with Crippen molar-refractivity contribution < 1.29 is 18.7 Å². The number of nitrogens with one attached hydrogen (secondary N) is 2. The van der Waals surface area contributed by atoms with E-state index in [0.29, 0.717) is 11.3 Å². The standard InChI is InChI=1S/C18H19FN2O3/c1-13-2-8-16(9-3-13)24-12-17(22)20-10-11-21-18(23)14-4-6-15(19)7-5-14/h2-9H,10-12H2,1H3,(H,20,22)(H,21,23). The number of carbonyl (C=O) groups is 2. The third kappa shape index (κ3) is 5.72. The molecule has 2 amide bonds. The first-order valence-electron chi connectivity index (χ1n) is 7.54. The molecule has 0 unspecified atom stereocenters. The van der Waals surface area contributed by atoms with Gasteiger partial charge in [-0.3, -0.25) is 9.59 Å². The second kappa shape index (κ2) is 8.67. The molecule has 0 aliphatic heterocycles. The van der Waals surface area contributed by atoms with Gasteiger partial charge in [-0.2, -0.15) is 0 Å². The molecule has 2 aromatic rings. The van der Waals surface area contributed by atoms with Crippen LogP contribution in [-0.4, -0.2) is 31.5 Å². The van der Waals surface area contributed by atoms with Gasteiger partial charge in [-0.05, 0) is 43.3 Å². The molecule has 6 heteroatoms. The van der Waals surface area contributed by atoms with Crippen LogP contribution in [0.15, 0.2) is 48.5 Å². The summed E-state index contributed by atoms with van der Waals surface area (Å²) in [5.74, 6) is -0.362. The summed E-state index contributed by atoms with van der Waals surface area (Å²) in [7, 11) is 0. The minimum absolute atomic E-state index is 0.0883. The predicted octanol–water partition coefficient (Wildman–Crippen LogP) is 2.06. The van der Waals surface area contributed by atoms with Crippen LogP contribution in [0.25, 0.3) is 0 Å². The highest BCUT2D eigenvalue weighted by atomic mass is 19.1. The van der Waals surface area contributed by atoms with Gasteiger partial charge in [0.1, 0.15) is 11.6 Å². The first kappa shape index (κ1) is 17.5. The third-order valence-electron chi connectivity index (χ3n) is 3.23. The van der Waals surface area contributed by atoms with Crippen molar-refractivity contribution in [2.75, 3.05) is 19.7 Å². The first-order valence-corrected chi connectivity index (χ1v) is 7.54. The molecule has 2 rings (SSSR count). The summed E-state index contributed by atoms with van der Waals surface area (Å²) in [5, 5.41) is 5.28. The fourth-order valence-corrected chi connectivity index (χ4v) is 1.92. The molecule has 2 N–H and O–H groups in total. The summed E-state index contributed by atoms with van der Waals surface area (Å²) in [6, 6.07) is 12.6. The lowest BCUT2D eigenvalue weighted by Crippen LogP contribution is -2.36. The second-order valence-electron chi connectivity index (χ2n) is 5.21. The lowest BCUT2D eigenvalue weighted by molar-refractivity contribution is -0.123. The van der Waals surface area contributed by atoms with Crippen molar-refractivity contribution in [1.82, 2.24) is 10.6 Å². The number of benzene rings is 2. The van der Waals surface area contributed by atoms with Crippen LogP contribution in [0, 0.1) is 12.7 Å². The van der Waals surface area contributed by atoms with E-state index in [9.17, 15) is 14.0 Å². The van der Waals surface area contributed by atoms with Gasteiger partial charge in [-0.15, -0.1) is 0 Å². The normalized spacial score (nSPS) is 10.1. The summed E-state index contributed by atoms with van der Waals surface area (Å²) in [5.41, 5.74) is 1.48. The molecule has 2 aromatic carbocycles. The Labute approximate surface area is 139 Å². The van der Waals surface area contributed by atoms with Crippen LogP contribution < -0.4 is 15.4 Å². The Balaban J connectivity index is 1.63. The zero-order chi connectivity index (χ0) is 17.4. The summed E-state index contributed by atoms with van der Waals surface area (Å²) in [4.78, 5) is 23.4. The Morgan fingerprint density at radius 3 is 2.25 bits per heavy atom. The average Bonchev–Trinajstić information content (AvgIpc) is 2.58.